The van der Waals surface area contributed by atoms with E-state index >= 15 is 0 Å². The normalized spacial score (nSPS) is 11.2. The number of amides is 1. The van der Waals surface area contributed by atoms with Crippen LogP contribution in [0.4, 0.5) is 10.1 Å². The quantitative estimate of drug-likeness (QED) is 0.719. The Morgan fingerprint density at radius 2 is 2.04 bits per heavy atom. The number of aromatic nitrogens is 4. The SMILES string of the molecule is CC(C)c1nnc2ccc(SCC(=O)Nc3ccccc3F)nn12. The predicted octanol–water partition coefficient (Wildman–Crippen LogP) is 3.12. The van der Waals surface area contributed by atoms with Gasteiger partial charge < -0.3 is 5.32 Å². The van der Waals surface area contributed by atoms with Gasteiger partial charge in [-0.15, -0.1) is 10.2 Å². The summed E-state index contributed by atoms with van der Waals surface area (Å²) in [6.45, 7) is 4.03. The van der Waals surface area contributed by atoms with Crippen molar-refractivity contribution < 1.29 is 9.18 Å². The van der Waals surface area contributed by atoms with Crippen LogP contribution in [0.5, 0.6) is 0 Å². The first-order valence-corrected chi connectivity index (χ1v) is 8.42. The molecular weight excluding hydrogens is 329 g/mol. The molecule has 1 N–H and O–H groups in total. The highest BCUT2D eigenvalue weighted by Crippen LogP contribution is 2.19. The second kappa shape index (κ2) is 6.96. The number of nitrogens with one attached hydrogen (secondary N) is 1. The molecule has 0 spiro atoms. The lowest BCUT2D eigenvalue weighted by Gasteiger charge is -2.06. The summed E-state index contributed by atoms with van der Waals surface area (Å²) < 4.78 is 15.2. The van der Waals surface area contributed by atoms with E-state index in [0.29, 0.717) is 10.7 Å². The van der Waals surface area contributed by atoms with Crippen LogP contribution in [-0.2, 0) is 4.79 Å². The summed E-state index contributed by atoms with van der Waals surface area (Å²) in [5.74, 6) is 0.341. The van der Waals surface area contributed by atoms with Crippen LogP contribution in [-0.4, -0.2) is 31.5 Å². The molecule has 0 aliphatic carbocycles. The number of fused-ring (bicyclic) bond motifs is 1. The molecule has 0 bridgehead atoms. The number of halogens is 1. The van der Waals surface area contributed by atoms with Crippen LogP contribution >= 0.6 is 11.8 Å². The first-order valence-electron chi connectivity index (χ1n) is 7.44. The van der Waals surface area contributed by atoms with Gasteiger partial charge in [-0.3, -0.25) is 4.79 Å². The molecule has 0 atom stereocenters. The maximum absolute atomic E-state index is 13.5. The van der Waals surface area contributed by atoms with Gasteiger partial charge in [0.1, 0.15) is 10.8 Å². The van der Waals surface area contributed by atoms with Gasteiger partial charge in [-0.05, 0) is 24.3 Å². The van der Waals surface area contributed by atoms with Gasteiger partial charge in [0.15, 0.2) is 11.5 Å². The third kappa shape index (κ3) is 3.53. The third-order valence-electron chi connectivity index (χ3n) is 3.28. The van der Waals surface area contributed by atoms with Gasteiger partial charge in [0.2, 0.25) is 5.91 Å². The molecule has 2 heterocycles. The van der Waals surface area contributed by atoms with E-state index in [9.17, 15) is 9.18 Å². The van der Waals surface area contributed by atoms with Crippen LogP contribution < -0.4 is 5.32 Å². The molecule has 0 saturated carbocycles. The molecule has 24 heavy (non-hydrogen) atoms. The molecule has 1 aromatic carbocycles. The Kier molecular flexibility index (Phi) is 4.75. The van der Waals surface area contributed by atoms with E-state index in [0.717, 1.165) is 5.82 Å². The van der Waals surface area contributed by atoms with Gasteiger partial charge in [0.25, 0.3) is 0 Å². The van der Waals surface area contributed by atoms with E-state index in [1.807, 2.05) is 19.9 Å². The Balaban J connectivity index is 1.68. The minimum Gasteiger partial charge on any atom is -0.323 e. The van der Waals surface area contributed by atoms with E-state index in [2.05, 4.69) is 20.6 Å². The maximum atomic E-state index is 13.5. The number of anilines is 1. The number of hydrogen-bond acceptors (Lipinski definition) is 5. The highest BCUT2D eigenvalue weighted by molar-refractivity contribution is 7.99. The molecule has 6 nitrogen and oxygen atoms in total. The lowest BCUT2D eigenvalue weighted by molar-refractivity contribution is -0.113. The van der Waals surface area contributed by atoms with Crippen LogP contribution in [0.25, 0.3) is 5.65 Å². The molecule has 0 saturated heterocycles. The number of thioether (sulfide) groups is 1. The average molecular weight is 345 g/mol. The van der Waals surface area contributed by atoms with Crippen LogP contribution in [0.1, 0.15) is 25.6 Å². The molecule has 0 aliphatic rings. The van der Waals surface area contributed by atoms with E-state index < -0.39 is 5.82 Å². The molecule has 3 aromatic rings. The monoisotopic (exact) mass is 345 g/mol. The third-order valence-corrected chi connectivity index (χ3v) is 4.20. The molecule has 1 amide bonds. The van der Waals surface area contributed by atoms with Crippen molar-refractivity contribution in [1.29, 1.82) is 0 Å². The zero-order valence-electron chi connectivity index (χ0n) is 13.2. The zero-order valence-corrected chi connectivity index (χ0v) is 14.0. The Hall–Kier alpha value is -2.48. The van der Waals surface area contributed by atoms with Crippen LogP contribution in [0.3, 0.4) is 0 Å². The highest BCUT2D eigenvalue weighted by Gasteiger charge is 2.12. The standard InChI is InChI=1S/C16H16FN5OS/c1-10(2)16-20-19-13-7-8-15(21-22(13)16)24-9-14(23)18-12-6-4-3-5-11(12)17/h3-8,10H,9H2,1-2H3,(H,18,23). The lowest BCUT2D eigenvalue weighted by atomic mass is 10.2. The van der Waals surface area contributed by atoms with Crippen LogP contribution in [0, 0.1) is 5.82 Å². The summed E-state index contributed by atoms with van der Waals surface area (Å²) >= 11 is 1.27. The van der Waals surface area contributed by atoms with E-state index in [1.54, 1.807) is 22.7 Å². The molecule has 0 fully saturated rings. The molecular formula is C16H16FN5OS. The van der Waals surface area contributed by atoms with Crippen LogP contribution in [0.2, 0.25) is 0 Å². The smallest absolute Gasteiger partial charge is 0.234 e. The van der Waals surface area contributed by atoms with Gasteiger partial charge in [0.05, 0.1) is 11.4 Å². The molecule has 0 radical (unpaired) electrons. The Morgan fingerprint density at radius 3 is 2.79 bits per heavy atom. The lowest BCUT2D eigenvalue weighted by Crippen LogP contribution is -2.15. The molecule has 124 valence electrons. The fraction of sp³-hybridized carbons (Fsp3) is 0.250. The Labute approximate surface area is 142 Å². The van der Waals surface area contributed by atoms with E-state index in [4.69, 9.17) is 0 Å². The molecule has 2 aromatic heterocycles. The fourth-order valence-corrected chi connectivity index (χ4v) is 2.77. The first-order chi connectivity index (χ1) is 11.5. The predicted molar refractivity (Wildman–Crippen MR) is 90.6 cm³/mol. The van der Waals surface area contributed by atoms with Crippen molar-refractivity contribution in [3.05, 3.63) is 48.0 Å². The molecule has 0 aliphatic heterocycles. The minimum atomic E-state index is -0.457. The number of nitrogens with zero attached hydrogens (tertiary/aromatic N) is 4. The highest BCUT2D eigenvalue weighted by atomic mass is 32.2. The Bertz CT molecular complexity index is 880. The van der Waals surface area contributed by atoms with Crippen LogP contribution in [0.15, 0.2) is 41.4 Å². The fourth-order valence-electron chi connectivity index (χ4n) is 2.11. The number of benzene rings is 1. The van der Waals surface area contributed by atoms with Crippen molar-refractivity contribution in [3.8, 4) is 0 Å². The molecule has 3 rings (SSSR count). The maximum Gasteiger partial charge on any atom is 0.234 e. The second-order valence-electron chi connectivity index (χ2n) is 5.47. The Morgan fingerprint density at radius 1 is 1.25 bits per heavy atom. The van der Waals surface area contributed by atoms with Gasteiger partial charge in [-0.1, -0.05) is 37.7 Å². The number of rotatable bonds is 5. The summed E-state index contributed by atoms with van der Waals surface area (Å²) in [6.07, 6.45) is 0. The number of para-hydroxylation sites is 1. The van der Waals surface area contributed by atoms with Gasteiger partial charge in [-0.25, -0.2) is 4.39 Å². The summed E-state index contributed by atoms with van der Waals surface area (Å²) in [7, 11) is 0. The van der Waals surface area contributed by atoms with Gasteiger partial charge in [-0.2, -0.15) is 9.61 Å². The first kappa shape index (κ1) is 16.4. The average Bonchev–Trinajstić information content (AvgIpc) is 2.98. The van der Waals surface area contributed by atoms with Crippen molar-refractivity contribution >= 4 is 29.0 Å². The minimum absolute atomic E-state index is 0.131. The van der Waals surface area contributed by atoms with Crippen molar-refractivity contribution in [2.24, 2.45) is 0 Å². The largest absolute Gasteiger partial charge is 0.323 e. The van der Waals surface area contributed by atoms with Crippen molar-refractivity contribution in [1.82, 2.24) is 19.8 Å². The number of carbonyl (C=O) groups excluding carboxylic acids is 1. The molecule has 8 heteroatoms. The van der Waals surface area contributed by atoms with Gasteiger partial charge in [0, 0.05) is 5.92 Å². The zero-order chi connectivity index (χ0) is 17.1. The number of hydrogen-bond donors (Lipinski definition) is 1. The summed E-state index contributed by atoms with van der Waals surface area (Å²) in [6, 6.07) is 9.66. The van der Waals surface area contributed by atoms with E-state index in [-0.39, 0.29) is 23.3 Å². The van der Waals surface area contributed by atoms with Crippen molar-refractivity contribution in [3.63, 3.8) is 0 Å². The van der Waals surface area contributed by atoms with Gasteiger partial charge >= 0.3 is 0 Å². The van der Waals surface area contributed by atoms with Crippen molar-refractivity contribution in [2.75, 3.05) is 11.1 Å². The van der Waals surface area contributed by atoms with E-state index in [1.165, 1.54) is 23.9 Å². The van der Waals surface area contributed by atoms with Crippen molar-refractivity contribution in [2.45, 2.75) is 24.8 Å². The molecule has 0 unspecified atom stereocenters. The number of carbonyl (C=O) groups is 1. The summed E-state index contributed by atoms with van der Waals surface area (Å²) in [5.41, 5.74) is 0.839. The topological polar surface area (TPSA) is 72.2 Å². The second-order valence-corrected chi connectivity index (χ2v) is 6.47. The summed E-state index contributed by atoms with van der Waals surface area (Å²) in [4.78, 5) is 12.0. The summed E-state index contributed by atoms with van der Waals surface area (Å²) in [5, 5.41) is 15.9.